The first-order valence-electron chi connectivity index (χ1n) is 27.7. The number of nitrogens with two attached hydrogens (primary N) is 4. The number of imidazole rings is 2. The highest BCUT2D eigenvalue weighted by Crippen LogP contribution is 2.45. The van der Waals surface area contributed by atoms with Gasteiger partial charge in [0.2, 0.25) is 40.2 Å². The molecular formula is C54H57Cl4FN18O18S. The number of hydrogen-bond acceptors (Lipinski definition) is 30. The largest absolute Gasteiger partial charge is 0.391 e. The number of halogens is 5. The van der Waals surface area contributed by atoms with Gasteiger partial charge in [-0.1, -0.05) is 12.2 Å². The molecule has 4 aliphatic heterocycles. The number of H-pyrrole nitrogens is 3. The van der Waals surface area contributed by atoms with Crippen molar-refractivity contribution in [1.29, 1.82) is 0 Å². The maximum atomic E-state index is 14.2. The van der Waals surface area contributed by atoms with E-state index >= 15 is 0 Å². The molecule has 8 aromatic rings. The summed E-state index contributed by atoms with van der Waals surface area (Å²) in [5.74, 6) is 7.90. The molecule has 36 nitrogen and oxygen atoms in total. The number of anilines is 4. The van der Waals surface area contributed by atoms with Crippen LogP contribution in [0, 0.1) is 55.7 Å². The zero-order valence-corrected chi connectivity index (χ0v) is 53.4. The molecule has 0 amide bonds. The monoisotopic (exact) mass is 1440 g/mol. The molecule has 12 rings (SSSR count). The maximum Gasteiger partial charge on any atom is 0.264 e. The molecule has 0 aromatic carbocycles. The summed E-state index contributed by atoms with van der Waals surface area (Å²) in [5.41, 5.74) is 13.7. The van der Waals surface area contributed by atoms with Crippen molar-refractivity contribution in [2.75, 3.05) is 22.9 Å². The number of aliphatic hydroxyl groups excluding tert-OH is 8. The highest BCUT2D eigenvalue weighted by atomic mass is 35.5. The third-order valence-electron chi connectivity index (χ3n) is 15.7. The molecule has 512 valence electrons. The Morgan fingerprint density at radius 2 is 0.969 bits per heavy atom. The third-order valence-corrected chi connectivity index (χ3v) is 16.3. The van der Waals surface area contributed by atoms with Gasteiger partial charge in [-0.25, -0.2) is 24.3 Å². The Morgan fingerprint density at radius 3 is 1.43 bits per heavy atom. The molecule has 4 saturated heterocycles. The number of nitrogens with zero attached hydrogens (tertiary/aromatic N) is 11. The number of aromatic amines is 3. The number of ether oxygens (including phenoxy) is 4. The van der Waals surface area contributed by atoms with Crippen LogP contribution in [-0.2, 0) is 18.9 Å². The van der Waals surface area contributed by atoms with Crippen molar-refractivity contribution in [3.63, 3.8) is 0 Å². The lowest BCUT2D eigenvalue weighted by atomic mass is 9.93. The first-order chi connectivity index (χ1) is 45.2. The van der Waals surface area contributed by atoms with Crippen molar-refractivity contribution in [2.45, 2.75) is 148 Å². The number of fused-ring (bicyclic) bond motifs is 4. The molecule has 4 unspecified atom stereocenters. The predicted molar refractivity (Wildman–Crippen MR) is 337 cm³/mol. The number of aromatic nitrogens is 14. The third kappa shape index (κ3) is 12.9. The van der Waals surface area contributed by atoms with Crippen LogP contribution in [0.15, 0.2) is 46.9 Å². The molecule has 0 radical (unpaired) electrons. The van der Waals surface area contributed by atoms with Gasteiger partial charge < -0.3 is 113 Å². The van der Waals surface area contributed by atoms with E-state index in [0.29, 0.717) is 16.7 Å². The van der Waals surface area contributed by atoms with E-state index in [4.69, 9.17) is 101 Å². The van der Waals surface area contributed by atoms with Crippen LogP contribution in [0.5, 0.6) is 0 Å². The molecule has 8 aromatic heterocycles. The molecule has 0 saturated carbocycles. The van der Waals surface area contributed by atoms with Crippen molar-refractivity contribution < 1.29 is 84.6 Å². The number of nitrogen functional groups attached to an aromatic ring is 4. The van der Waals surface area contributed by atoms with Crippen LogP contribution in [0.1, 0.15) is 52.6 Å². The first-order valence-corrected chi connectivity index (χ1v) is 29.7. The van der Waals surface area contributed by atoms with Gasteiger partial charge in [0.05, 0.1) is 48.7 Å². The quantitative estimate of drug-likeness (QED) is 0.0519. The van der Waals surface area contributed by atoms with Gasteiger partial charge in [-0.2, -0.15) is 15.0 Å². The lowest BCUT2D eigenvalue weighted by Gasteiger charge is -2.26. The lowest BCUT2D eigenvalue weighted by Crippen LogP contribution is -2.47. The molecule has 0 spiro atoms. The van der Waals surface area contributed by atoms with E-state index in [1.165, 1.54) is 72.5 Å². The molecule has 20 atom stereocenters. The minimum atomic E-state index is -2.29. The second-order valence-electron chi connectivity index (χ2n) is 22.0. The van der Waals surface area contributed by atoms with Gasteiger partial charge >= 0.3 is 0 Å². The Balaban J connectivity index is 0.000000150. The molecule has 96 heavy (non-hydrogen) atoms. The van der Waals surface area contributed by atoms with E-state index in [0.717, 1.165) is 10.8 Å². The van der Waals surface area contributed by atoms with Crippen LogP contribution in [0.3, 0.4) is 0 Å². The van der Waals surface area contributed by atoms with Crippen molar-refractivity contribution in [1.82, 2.24) is 68.1 Å². The second-order valence-corrected chi connectivity index (χ2v) is 23.2. The standard InChI is InChI=1S/C14H14ClFN4O5.C14H15ClN4O5.C13H14ClN5O4S.C13H14ClN5O4/c1-5(21)8-9(22)14(24,2-3-15)12(25-8)20-4-6(16)7-10(20)18-13(17)19-11(7)23;1-6(20)8-9(21)14(23,3-4-15)12(24-8)19-5-2-7-10(19)17-13(16)18-11(7)22;1-5(20)7-8(21)13(22,2-3-14)11(23-7)19-4-16-6-9(19)17-12(15)18-10(6)24;1-6(20)8-9(21)13(22,2-3-14)11(23-8)19-5-17-7-4-16-12(15)18-10(7)19/h4-5,8-9,12,21-22,24H,1H3,(H3,17,18,19,23);2,5-6,8-9,12,20-21,23H,1H3,(H3,16,17,18,22);4-5,7-8,11,20-22H,1H3,(H3,15,17,18,24);4-6,8-9,11,20-22H,1H3,(H2,15,16,18)/t5-,8-,9+,12-,14?;6-,8-,9+,12-,14?;5-,7-,8+,11-,13?;6-,8-,9+,11-,13?/m1111/s1. The summed E-state index contributed by atoms with van der Waals surface area (Å²) in [6, 6.07) is 1.46. The highest BCUT2D eigenvalue weighted by molar-refractivity contribution is 7.71. The average Bonchev–Trinajstić information content (AvgIpc) is 1.60. The van der Waals surface area contributed by atoms with E-state index in [-0.39, 0.29) is 50.8 Å². The van der Waals surface area contributed by atoms with Crippen LogP contribution in [0.4, 0.5) is 28.2 Å². The number of nitrogens with one attached hydrogen (secondary N) is 3. The Morgan fingerprint density at radius 1 is 0.562 bits per heavy atom. The van der Waals surface area contributed by atoms with Gasteiger partial charge in [0.1, 0.15) is 70.9 Å². The van der Waals surface area contributed by atoms with Gasteiger partial charge in [0.15, 0.2) is 58.3 Å². The van der Waals surface area contributed by atoms with E-state index in [1.54, 1.807) is 0 Å². The zero-order valence-electron chi connectivity index (χ0n) is 49.5. The summed E-state index contributed by atoms with van der Waals surface area (Å²) >= 11 is 26.7. The fraction of sp³-hybridized carbons (Fsp3) is 0.444. The molecule has 0 bridgehead atoms. The van der Waals surface area contributed by atoms with Crippen molar-refractivity contribution >= 4 is 127 Å². The summed E-state index contributed by atoms with van der Waals surface area (Å²) in [5, 5.41) is 131. The summed E-state index contributed by atoms with van der Waals surface area (Å²) in [7, 11) is 0. The summed E-state index contributed by atoms with van der Waals surface area (Å²) in [6.45, 7) is 5.59. The molecule has 4 fully saturated rings. The smallest absolute Gasteiger partial charge is 0.264 e. The van der Waals surface area contributed by atoms with Crippen LogP contribution in [0.2, 0.25) is 0 Å². The Kier molecular flexibility index (Phi) is 21.0. The topological polar surface area (TPSA) is 575 Å². The summed E-state index contributed by atoms with van der Waals surface area (Å²) in [4.78, 5) is 59.0. The fourth-order valence-electron chi connectivity index (χ4n) is 11.1. The molecule has 42 heteroatoms. The molecule has 0 aliphatic carbocycles. The van der Waals surface area contributed by atoms with Crippen molar-refractivity contribution in [3.8, 4) is 45.2 Å². The summed E-state index contributed by atoms with van der Waals surface area (Å²) < 4.78 is 41.7. The molecule has 23 N–H and O–H groups in total. The Bertz CT molecular complexity index is 4570. The Labute approximate surface area is 561 Å². The average molecular weight is 1440 g/mol. The molecule has 4 aliphatic rings. The SMILES string of the molecule is C[C@@H](O)[C@H]1O[C@@H](n2cc(F)c3c(=O)[nH]c(N)nc32)C(O)(C#CCl)[C@H]1O.C[C@@H](O)[C@H]1O[C@@H](n2ccc3c(=O)[nH]c(N)nc32)C(O)(C#CCl)[C@H]1O.C[C@@H](O)[C@H]1O[C@@H](n2cnc3c(=S)nc(N)[nH]c32)C(O)(C#CCl)[C@H]1O.C[C@@H](O)[C@H]1O[C@@H](n2cnc3cnc(N)nc32)C(O)(C#CCl)[C@H]1O. The summed E-state index contributed by atoms with van der Waals surface area (Å²) in [6.07, 6.45) is -13.9. The number of hydrogen-bond donors (Lipinski definition) is 19. The Hall–Kier alpha value is -7.95. The van der Waals surface area contributed by atoms with E-state index in [2.05, 4.69) is 84.3 Å². The van der Waals surface area contributed by atoms with E-state index in [9.17, 15) is 75.3 Å². The van der Waals surface area contributed by atoms with Gasteiger partial charge in [-0.15, -0.1) is 0 Å². The zero-order chi connectivity index (χ0) is 70.6. The first kappa shape index (κ1) is 72.3. The van der Waals surface area contributed by atoms with Gasteiger partial charge in [-0.05, 0) is 104 Å². The van der Waals surface area contributed by atoms with Crippen molar-refractivity contribution in [3.05, 3.63) is 68.5 Å². The van der Waals surface area contributed by atoms with Gasteiger partial charge in [-0.3, -0.25) is 33.3 Å². The van der Waals surface area contributed by atoms with Crippen LogP contribution in [0.25, 0.3) is 44.4 Å². The lowest BCUT2D eigenvalue weighted by molar-refractivity contribution is -0.0847. The predicted octanol–water partition coefficient (Wildman–Crippen LogP) is -3.49. The van der Waals surface area contributed by atoms with Crippen LogP contribution in [-0.4, -0.2) is 225 Å². The molecule has 12 heterocycles. The molecular weight excluding hydrogens is 1380 g/mol. The number of aliphatic hydroxyl groups is 12. The van der Waals surface area contributed by atoms with E-state index < -0.39 is 143 Å². The number of rotatable bonds is 8. The minimum absolute atomic E-state index is 0.0110. The van der Waals surface area contributed by atoms with Crippen LogP contribution < -0.4 is 34.1 Å². The van der Waals surface area contributed by atoms with Crippen LogP contribution >= 0.6 is 58.6 Å². The fourth-order valence-corrected chi connectivity index (χ4v) is 11.9. The van der Waals surface area contributed by atoms with Crippen molar-refractivity contribution in [2.24, 2.45) is 0 Å². The normalized spacial score (nSPS) is 31.0. The van der Waals surface area contributed by atoms with Gasteiger partial charge in [0, 0.05) is 33.9 Å². The van der Waals surface area contributed by atoms with E-state index in [1.807, 2.05) is 10.8 Å². The second kappa shape index (κ2) is 27.9. The maximum absolute atomic E-state index is 14.2. The van der Waals surface area contributed by atoms with Gasteiger partial charge in [0.25, 0.3) is 11.1 Å². The minimum Gasteiger partial charge on any atom is -0.391 e. The highest BCUT2D eigenvalue weighted by Gasteiger charge is 2.61.